The minimum absolute atomic E-state index is 0.0502. The lowest BCUT2D eigenvalue weighted by Gasteiger charge is -2.31. The second kappa shape index (κ2) is 5.21. The first-order valence-corrected chi connectivity index (χ1v) is 6.39. The lowest BCUT2D eigenvalue weighted by Crippen LogP contribution is -2.29. The first kappa shape index (κ1) is 13.2. The van der Waals surface area contributed by atoms with Crippen LogP contribution in [0.15, 0.2) is 37.0 Å². The van der Waals surface area contributed by atoms with Crippen LogP contribution < -0.4 is 0 Å². The van der Waals surface area contributed by atoms with Crippen molar-refractivity contribution in [2.45, 2.75) is 32.0 Å². The van der Waals surface area contributed by atoms with Gasteiger partial charge in [-0.25, -0.2) is 0 Å². The number of ketones is 1. The smallest absolute Gasteiger partial charge is 0.178 e. The van der Waals surface area contributed by atoms with E-state index in [1.165, 1.54) is 0 Å². The number of hydrogen-bond donors (Lipinski definition) is 0. The van der Waals surface area contributed by atoms with Gasteiger partial charge in [0, 0.05) is 11.8 Å². The third-order valence-corrected chi connectivity index (χ3v) is 3.63. The maximum Gasteiger partial charge on any atom is 0.178 e. The van der Waals surface area contributed by atoms with Crippen LogP contribution in [0.4, 0.5) is 0 Å². The van der Waals surface area contributed by atoms with Crippen LogP contribution in [0, 0.1) is 5.41 Å². The molecule has 0 aromatic heterocycles. The van der Waals surface area contributed by atoms with E-state index in [4.69, 9.17) is 9.47 Å². The molecule has 3 nitrogen and oxygen atoms in total. The summed E-state index contributed by atoms with van der Waals surface area (Å²) in [7, 11) is 0. The van der Waals surface area contributed by atoms with Crippen LogP contribution >= 0.6 is 0 Å². The van der Waals surface area contributed by atoms with E-state index in [0.717, 1.165) is 19.3 Å². The van der Waals surface area contributed by atoms with Gasteiger partial charge in [0.1, 0.15) is 0 Å². The molecule has 0 bridgehead atoms. The van der Waals surface area contributed by atoms with E-state index >= 15 is 0 Å². The van der Waals surface area contributed by atoms with E-state index < -0.39 is 5.79 Å². The van der Waals surface area contributed by atoms with Crippen molar-refractivity contribution >= 4 is 5.78 Å². The van der Waals surface area contributed by atoms with Crippen molar-refractivity contribution < 1.29 is 14.3 Å². The maximum atomic E-state index is 11.2. The number of carbonyl (C=O) groups is 1. The average molecular weight is 248 g/mol. The average Bonchev–Trinajstić information content (AvgIpc) is 2.79. The Balaban J connectivity index is 2.03. The van der Waals surface area contributed by atoms with Crippen molar-refractivity contribution in [2.24, 2.45) is 5.41 Å². The number of rotatable bonds is 5. The zero-order chi connectivity index (χ0) is 13.1. The number of ether oxygens (including phenoxy) is 2. The lowest BCUT2D eigenvalue weighted by molar-refractivity contribution is -0.149. The lowest BCUT2D eigenvalue weighted by atomic mass is 9.76. The third-order valence-electron chi connectivity index (χ3n) is 3.63. The summed E-state index contributed by atoms with van der Waals surface area (Å²) in [6.45, 7) is 7.10. The fraction of sp³-hybridized carbons (Fsp3) is 0.533. The van der Waals surface area contributed by atoms with Crippen molar-refractivity contribution in [3.05, 3.63) is 37.0 Å². The van der Waals surface area contributed by atoms with Gasteiger partial charge in [0.15, 0.2) is 11.6 Å². The molecule has 1 aliphatic carbocycles. The molecule has 18 heavy (non-hydrogen) atoms. The Bertz CT molecular complexity index is 371. The summed E-state index contributed by atoms with van der Waals surface area (Å²) >= 11 is 0. The number of hydrogen-bond acceptors (Lipinski definition) is 3. The fourth-order valence-electron chi connectivity index (χ4n) is 2.44. The molecule has 2 rings (SSSR count). The molecule has 1 aliphatic heterocycles. The standard InChI is InChI=1S/C15H20O3/c1-3-6-15(7-4-13(16)5-8-15)10-9-14(2)17-11-12-18-14/h3-5,7-8H,1,6,9-12H2,2H3. The first-order valence-electron chi connectivity index (χ1n) is 6.39. The Morgan fingerprint density at radius 2 is 1.89 bits per heavy atom. The molecule has 0 atom stereocenters. The molecule has 0 saturated carbocycles. The van der Waals surface area contributed by atoms with E-state index in [9.17, 15) is 4.79 Å². The largest absolute Gasteiger partial charge is 0.348 e. The second-order valence-electron chi connectivity index (χ2n) is 5.13. The molecule has 0 spiro atoms. The normalized spacial score (nSPS) is 24.4. The van der Waals surface area contributed by atoms with Crippen LogP contribution in [-0.4, -0.2) is 24.8 Å². The zero-order valence-corrected chi connectivity index (χ0v) is 10.9. The van der Waals surface area contributed by atoms with Crippen LogP contribution in [0.1, 0.15) is 26.2 Å². The van der Waals surface area contributed by atoms with E-state index in [-0.39, 0.29) is 11.2 Å². The molecular formula is C15H20O3. The Labute approximate surface area is 108 Å². The summed E-state index contributed by atoms with van der Waals surface area (Å²) in [5.41, 5.74) is -0.117. The summed E-state index contributed by atoms with van der Waals surface area (Å²) in [6.07, 6.45) is 11.7. The molecule has 1 fully saturated rings. The SMILES string of the molecule is C=CCC1(CCC2(C)OCCO2)C=CC(=O)C=C1. The summed E-state index contributed by atoms with van der Waals surface area (Å²) in [4.78, 5) is 11.2. The molecule has 0 N–H and O–H groups in total. The van der Waals surface area contributed by atoms with Gasteiger partial charge in [0.05, 0.1) is 13.2 Å². The fourth-order valence-corrected chi connectivity index (χ4v) is 2.44. The van der Waals surface area contributed by atoms with Gasteiger partial charge in [-0.15, -0.1) is 6.58 Å². The van der Waals surface area contributed by atoms with Crippen molar-refractivity contribution in [1.29, 1.82) is 0 Å². The van der Waals surface area contributed by atoms with Gasteiger partial charge in [-0.1, -0.05) is 18.2 Å². The monoisotopic (exact) mass is 248 g/mol. The topological polar surface area (TPSA) is 35.5 Å². The Kier molecular flexibility index (Phi) is 3.83. The van der Waals surface area contributed by atoms with Crippen LogP contribution in [0.5, 0.6) is 0 Å². The highest BCUT2D eigenvalue weighted by Crippen LogP contribution is 2.38. The van der Waals surface area contributed by atoms with Gasteiger partial charge < -0.3 is 9.47 Å². The predicted molar refractivity (Wildman–Crippen MR) is 70.1 cm³/mol. The first-order chi connectivity index (χ1) is 8.58. The third kappa shape index (κ3) is 2.98. The minimum Gasteiger partial charge on any atom is -0.348 e. The quantitative estimate of drug-likeness (QED) is 0.702. The molecule has 0 aromatic rings. The molecule has 0 unspecified atom stereocenters. The van der Waals surface area contributed by atoms with Gasteiger partial charge >= 0.3 is 0 Å². The Hall–Kier alpha value is -1.19. The van der Waals surface area contributed by atoms with Gasteiger partial charge in [0.2, 0.25) is 0 Å². The number of allylic oxidation sites excluding steroid dienone is 5. The molecule has 1 heterocycles. The van der Waals surface area contributed by atoms with Gasteiger partial charge in [-0.2, -0.15) is 0 Å². The molecule has 0 radical (unpaired) electrons. The van der Waals surface area contributed by atoms with Gasteiger partial charge in [-0.05, 0) is 31.9 Å². The van der Waals surface area contributed by atoms with E-state index in [0.29, 0.717) is 13.2 Å². The van der Waals surface area contributed by atoms with E-state index in [1.807, 2.05) is 25.2 Å². The number of carbonyl (C=O) groups excluding carboxylic acids is 1. The molecular weight excluding hydrogens is 228 g/mol. The van der Waals surface area contributed by atoms with Crippen LogP contribution in [0.2, 0.25) is 0 Å². The Morgan fingerprint density at radius 3 is 2.44 bits per heavy atom. The van der Waals surface area contributed by atoms with Gasteiger partial charge in [-0.3, -0.25) is 4.79 Å². The van der Waals surface area contributed by atoms with E-state index in [1.54, 1.807) is 12.2 Å². The highest BCUT2D eigenvalue weighted by molar-refractivity contribution is 6.00. The zero-order valence-electron chi connectivity index (χ0n) is 10.9. The maximum absolute atomic E-state index is 11.2. The molecule has 0 aromatic carbocycles. The minimum atomic E-state index is -0.475. The van der Waals surface area contributed by atoms with Gasteiger partial charge in [0.25, 0.3) is 0 Å². The van der Waals surface area contributed by atoms with Crippen molar-refractivity contribution in [3.63, 3.8) is 0 Å². The van der Waals surface area contributed by atoms with Crippen molar-refractivity contribution in [2.75, 3.05) is 13.2 Å². The molecule has 3 heteroatoms. The summed E-state index contributed by atoms with van der Waals surface area (Å²) < 4.78 is 11.2. The molecule has 2 aliphatic rings. The molecule has 1 saturated heterocycles. The second-order valence-corrected chi connectivity index (χ2v) is 5.13. The summed E-state index contributed by atoms with van der Waals surface area (Å²) in [5, 5.41) is 0. The highest BCUT2D eigenvalue weighted by atomic mass is 16.7. The molecule has 98 valence electrons. The van der Waals surface area contributed by atoms with Crippen LogP contribution in [0.25, 0.3) is 0 Å². The van der Waals surface area contributed by atoms with Crippen molar-refractivity contribution in [1.82, 2.24) is 0 Å². The van der Waals surface area contributed by atoms with E-state index in [2.05, 4.69) is 6.58 Å². The summed E-state index contributed by atoms with van der Waals surface area (Å²) in [5.74, 6) is -0.425. The molecule has 0 amide bonds. The van der Waals surface area contributed by atoms with Crippen LogP contribution in [0.3, 0.4) is 0 Å². The Morgan fingerprint density at radius 1 is 1.28 bits per heavy atom. The highest BCUT2D eigenvalue weighted by Gasteiger charge is 2.35. The van der Waals surface area contributed by atoms with Crippen LogP contribution in [-0.2, 0) is 14.3 Å². The van der Waals surface area contributed by atoms with Crippen molar-refractivity contribution in [3.8, 4) is 0 Å². The summed E-state index contributed by atoms with van der Waals surface area (Å²) in [6, 6.07) is 0. The predicted octanol–water partition coefficient (Wildman–Crippen LogP) is 2.79.